The van der Waals surface area contributed by atoms with E-state index >= 15 is 0 Å². The second-order valence-electron chi connectivity index (χ2n) is 6.87. The minimum atomic E-state index is 0.371. The van der Waals surface area contributed by atoms with Gasteiger partial charge < -0.3 is 9.30 Å². The van der Waals surface area contributed by atoms with E-state index in [-0.39, 0.29) is 0 Å². The van der Waals surface area contributed by atoms with Gasteiger partial charge in [0.25, 0.3) is 0 Å². The summed E-state index contributed by atoms with van der Waals surface area (Å²) in [4.78, 5) is 19.6. The van der Waals surface area contributed by atoms with Crippen molar-refractivity contribution >= 4 is 22.5 Å². The number of nitrogens with zero attached hydrogens (tertiary/aromatic N) is 7. The van der Waals surface area contributed by atoms with Gasteiger partial charge in [-0.05, 0) is 32.8 Å². The average Bonchev–Trinajstić information content (AvgIpc) is 3.37. The van der Waals surface area contributed by atoms with Crippen molar-refractivity contribution in [2.45, 2.75) is 40.2 Å². The number of hydrogen-bond acceptors (Lipinski definition) is 7. The molecule has 0 aliphatic rings. The Morgan fingerprint density at radius 2 is 2.00 bits per heavy atom. The summed E-state index contributed by atoms with van der Waals surface area (Å²) in [7, 11) is 3.46. The van der Waals surface area contributed by atoms with Crippen LogP contribution in [0.4, 0.5) is 0 Å². The van der Waals surface area contributed by atoms with Gasteiger partial charge in [0.1, 0.15) is 22.4 Å². The topological polar surface area (TPSA) is 83.5 Å². The van der Waals surface area contributed by atoms with E-state index in [1.165, 1.54) is 17.7 Å². The van der Waals surface area contributed by atoms with E-state index in [0.29, 0.717) is 17.7 Å². The van der Waals surface area contributed by atoms with Crippen molar-refractivity contribution in [1.82, 2.24) is 34.3 Å². The molecule has 9 heteroatoms. The fraction of sp³-hybridized carbons (Fsp3) is 0.421. The number of aromatic nitrogens is 7. The van der Waals surface area contributed by atoms with Crippen LogP contribution in [-0.4, -0.2) is 41.4 Å². The van der Waals surface area contributed by atoms with Gasteiger partial charge in [0.15, 0.2) is 16.5 Å². The molecule has 1 unspecified atom stereocenters. The molecule has 4 aromatic heterocycles. The van der Waals surface area contributed by atoms with Crippen LogP contribution in [0, 0.1) is 13.8 Å². The maximum atomic E-state index is 5.55. The molecular formula is C19H23N7OS. The monoisotopic (exact) mass is 397 g/mol. The molecule has 0 N–H and O–H groups in total. The lowest BCUT2D eigenvalue weighted by atomic mass is 10.2. The number of methoxy groups -OCH3 is 1. The van der Waals surface area contributed by atoms with Crippen molar-refractivity contribution in [3.63, 3.8) is 0 Å². The highest BCUT2D eigenvalue weighted by atomic mass is 32.1. The van der Waals surface area contributed by atoms with E-state index in [1.807, 2.05) is 14.0 Å². The third-order valence-electron chi connectivity index (χ3n) is 4.98. The number of thiazole rings is 1. The van der Waals surface area contributed by atoms with E-state index in [1.54, 1.807) is 11.8 Å². The van der Waals surface area contributed by atoms with Gasteiger partial charge in [-0.2, -0.15) is 10.1 Å². The molecule has 146 valence electrons. The number of fused-ring (bicyclic) bond motifs is 1. The predicted molar refractivity (Wildman–Crippen MR) is 110 cm³/mol. The van der Waals surface area contributed by atoms with Crippen molar-refractivity contribution < 1.29 is 4.74 Å². The van der Waals surface area contributed by atoms with Crippen LogP contribution in [-0.2, 0) is 7.05 Å². The Kier molecular flexibility index (Phi) is 4.62. The number of ether oxygens (including phenoxy) is 1. The van der Waals surface area contributed by atoms with Crippen molar-refractivity contribution in [2.24, 2.45) is 7.05 Å². The molecule has 0 saturated heterocycles. The first-order chi connectivity index (χ1) is 13.4. The SMILES string of the molecule is CCC(C)n1cc(C)c2nc(-c3sc(-c4ncnn4C)nc3OC)c(C)nc21. The van der Waals surface area contributed by atoms with Crippen LogP contribution in [0.15, 0.2) is 12.5 Å². The Hall–Kier alpha value is -2.81. The highest BCUT2D eigenvalue weighted by molar-refractivity contribution is 7.18. The number of aryl methyl sites for hydroxylation is 3. The van der Waals surface area contributed by atoms with Crippen molar-refractivity contribution in [1.29, 1.82) is 0 Å². The molecule has 28 heavy (non-hydrogen) atoms. The van der Waals surface area contributed by atoms with E-state index in [4.69, 9.17) is 14.7 Å². The van der Waals surface area contributed by atoms with Gasteiger partial charge in [-0.25, -0.2) is 19.6 Å². The molecular weight excluding hydrogens is 374 g/mol. The first-order valence-corrected chi connectivity index (χ1v) is 10.0. The molecule has 0 aliphatic carbocycles. The summed E-state index contributed by atoms with van der Waals surface area (Å²) in [6.45, 7) is 8.43. The van der Waals surface area contributed by atoms with E-state index in [0.717, 1.165) is 44.4 Å². The summed E-state index contributed by atoms with van der Waals surface area (Å²) in [6, 6.07) is 0.371. The Morgan fingerprint density at radius 1 is 1.21 bits per heavy atom. The summed E-state index contributed by atoms with van der Waals surface area (Å²) < 4.78 is 9.45. The largest absolute Gasteiger partial charge is 0.480 e. The normalized spacial score (nSPS) is 12.6. The standard InChI is InChI=1S/C19H23N7OS/c1-7-11(3)26-8-10(2)13-16(26)22-12(4)14(23-13)15-18(27-6)24-19(28-15)17-20-9-21-25(17)5/h8-9,11H,7H2,1-6H3. The molecule has 0 radical (unpaired) electrons. The lowest BCUT2D eigenvalue weighted by Crippen LogP contribution is -2.04. The molecule has 0 saturated carbocycles. The van der Waals surface area contributed by atoms with Crippen LogP contribution in [0.2, 0.25) is 0 Å². The number of rotatable bonds is 5. The zero-order valence-corrected chi connectivity index (χ0v) is 17.7. The first kappa shape index (κ1) is 18.5. The molecule has 4 rings (SSSR count). The van der Waals surface area contributed by atoms with Crippen LogP contribution in [0.1, 0.15) is 37.6 Å². The first-order valence-electron chi connectivity index (χ1n) is 9.19. The summed E-state index contributed by atoms with van der Waals surface area (Å²) in [6.07, 6.45) is 4.69. The highest BCUT2D eigenvalue weighted by Gasteiger charge is 2.23. The average molecular weight is 398 g/mol. The van der Waals surface area contributed by atoms with Crippen molar-refractivity contribution in [2.75, 3.05) is 7.11 Å². The summed E-state index contributed by atoms with van der Waals surface area (Å²) in [5.41, 5.74) is 4.59. The maximum absolute atomic E-state index is 5.55. The molecule has 4 heterocycles. The van der Waals surface area contributed by atoms with Gasteiger partial charge in [-0.3, -0.25) is 0 Å². The molecule has 0 fully saturated rings. The molecule has 0 aromatic carbocycles. The second-order valence-corrected chi connectivity index (χ2v) is 7.87. The van der Waals surface area contributed by atoms with Crippen LogP contribution < -0.4 is 4.74 Å². The Labute approximate surface area is 167 Å². The number of hydrogen-bond donors (Lipinski definition) is 0. The third kappa shape index (κ3) is 2.86. The molecule has 4 aromatic rings. The van der Waals surface area contributed by atoms with Crippen LogP contribution in [0.5, 0.6) is 5.88 Å². The molecule has 0 spiro atoms. The summed E-state index contributed by atoms with van der Waals surface area (Å²) in [5.74, 6) is 1.22. The molecule has 1 atom stereocenters. The van der Waals surface area contributed by atoms with Crippen LogP contribution >= 0.6 is 11.3 Å². The van der Waals surface area contributed by atoms with Crippen molar-refractivity contribution in [3.8, 4) is 27.3 Å². The van der Waals surface area contributed by atoms with Crippen molar-refractivity contribution in [3.05, 3.63) is 23.8 Å². The Bertz CT molecular complexity index is 1160. The zero-order valence-electron chi connectivity index (χ0n) is 16.9. The molecule has 0 aliphatic heterocycles. The second kappa shape index (κ2) is 6.97. The van der Waals surface area contributed by atoms with E-state index in [2.05, 4.69) is 46.6 Å². The molecule has 8 nitrogen and oxygen atoms in total. The molecule has 0 amide bonds. The zero-order chi connectivity index (χ0) is 20.0. The van der Waals surface area contributed by atoms with Crippen LogP contribution in [0.25, 0.3) is 32.6 Å². The highest BCUT2D eigenvalue weighted by Crippen LogP contribution is 2.40. The van der Waals surface area contributed by atoms with Gasteiger partial charge in [-0.1, -0.05) is 6.92 Å². The van der Waals surface area contributed by atoms with Gasteiger partial charge in [0.2, 0.25) is 5.88 Å². The van der Waals surface area contributed by atoms with E-state index < -0.39 is 0 Å². The summed E-state index contributed by atoms with van der Waals surface area (Å²) in [5, 5.41) is 4.87. The maximum Gasteiger partial charge on any atom is 0.234 e. The summed E-state index contributed by atoms with van der Waals surface area (Å²) >= 11 is 1.49. The van der Waals surface area contributed by atoms with E-state index in [9.17, 15) is 0 Å². The minimum Gasteiger partial charge on any atom is -0.480 e. The fourth-order valence-corrected chi connectivity index (χ4v) is 4.31. The lowest BCUT2D eigenvalue weighted by molar-refractivity contribution is 0.402. The van der Waals surface area contributed by atoms with Gasteiger partial charge >= 0.3 is 0 Å². The van der Waals surface area contributed by atoms with Gasteiger partial charge in [0.05, 0.1) is 12.8 Å². The quantitative estimate of drug-likeness (QED) is 0.507. The fourth-order valence-electron chi connectivity index (χ4n) is 3.21. The Balaban J connectivity index is 1.90. The van der Waals surface area contributed by atoms with Gasteiger partial charge in [0, 0.05) is 19.3 Å². The smallest absolute Gasteiger partial charge is 0.234 e. The minimum absolute atomic E-state index is 0.371. The molecule has 0 bridgehead atoms. The van der Waals surface area contributed by atoms with Gasteiger partial charge in [-0.15, -0.1) is 11.3 Å². The van der Waals surface area contributed by atoms with Crippen LogP contribution in [0.3, 0.4) is 0 Å². The lowest BCUT2D eigenvalue weighted by Gasteiger charge is -2.12. The Morgan fingerprint density at radius 3 is 2.64 bits per heavy atom. The third-order valence-corrected chi connectivity index (χ3v) is 6.01. The predicted octanol–water partition coefficient (Wildman–Crippen LogP) is 3.95.